The Hall–Kier alpha value is -4.91. The standard InChI is InChI=1S/C24H19FN8O3S/c1-14-4-9-18(25)20(11-14)37(35,36)33-16-7-5-15(6-8-16)19-13-27-21-22(29-19)31-32-23(21)30-24(34)28-17-3-2-10-26-12-17/h2-13,33H,1H3,(H3,28,29,30,31,32,34). The van der Waals surface area contributed by atoms with Gasteiger partial charge in [-0.05, 0) is 48.9 Å². The molecule has 37 heavy (non-hydrogen) atoms. The van der Waals surface area contributed by atoms with Crippen molar-refractivity contribution < 1.29 is 17.6 Å². The van der Waals surface area contributed by atoms with Crippen molar-refractivity contribution in [3.05, 3.63) is 84.6 Å². The van der Waals surface area contributed by atoms with E-state index in [-0.39, 0.29) is 11.5 Å². The van der Waals surface area contributed by atoms with Crippen LogP contribution in [0.25, 0.3) is 22.4 Å². The molecular weight excluding hydrogens is 499 g/mol. The van der Waals surface area contributed by atoms with E-state index < -0.39 is 26.8 Å². The van der Waals surface area contributed by atoms with Gasteiger partial charge in [-0.1, -0.05) is 18.2 Å². The molecule has 0 saturated heterocycles. The fraction of sp³-hybridized carbons (Fsp3) is 0.0417. The average Bonchev–Trinajstić information content (AvgIpc) is 3.28. The molecule has 0 fully saturated rings. The molecule has 0 spiro atoms. The molecule has 0 bridgehead atoms. The number of hydrogen-bond acceptors (Lipinski definition) is 7. The Bertz CT molecular complexity index is 1710. The zero-order valence-electron chi connectivity index (χ0n) is 19.2. The normalized spacial score (nSPS) is 11.3. The number of anilines is 3. The SMILES string of the molecule is Cc1ccc(F)c(S(=O)(=O)Nc2ccc(-c3cnc4c(NC(=O)Nc5cccnc5)n[nH]c4n3)cc2)c1. The van der Waals surface area contributed by atoms with Gasteiger partial charge < -0.3 is 5.32 Å². The predicted octanol–water partition coefficient (Wildman–Crippen LogP) is 4.31. The number of hydrogen-bond donors (Lipinski definition) is 4. The van der Waals surface area contributed by atoms with Gasteiger partial charge in [0, 0.05) is 17.4 Å². The van der Waals surface area contributed by atoms with Crippen LogP contribution >= 0.6 is 0 Å². The molecule has 2 aromatic carbocycles. The van der Waals surface area contributed by atoms with E-state index >= 15 is 0 Å². The average molecular weight is 519 g/mol. The van der Waals surface area contributed by atoms with Gasteiger partial charge in [0.05, 0.1) is 23.8 Å². The molecule has 0 saturated carbocycles. The summed E-state index contributed by atoms with van der Waals surface area (Å²) in [7, 11) is -4.11. The molecule has 13 heteroatoms. The second kappa shape index (κ2) is 9.62. The molecule has 0 atom stereocenters. The molecular formula is C24H19FN8O3S. The van der Waals surface area contributed by atoms with Crippen LogP contribution in [0.5, 0.6) is 0 Å². The summed E-state index contributed by atoms with van der Waals surface area (Å²) in [5.41, 5.74) is 3.23. The van der Waals surface area contributed by atoms with Crippen molar-refractivity contribution in [2.45, 2.75) is 11.8 Å². The largest absolute Gasteiger partial charge is 0.325 e. The molecule has 186 valence electrons. The molecule has 0 unspecified atom stereocenters. The van der Waals surface area contributed by atoms with Crippen molar-refractivity contribution >= 4 is 44.4 Å². The number of amides is 2. The van der Waals surface area contributed by atoms with Crippen molar-refractivity contribution in [2.24, 2.45) is 0 Å². The van der Waals surface area contributed by atoms with Gasteiger partial charge in [-0.15, -0.1) is 0 Å². The number of sulfonamides is 1. The van der Waals surface area contributed by atoms with Crippen LogP contribution in [-0.4, -0.2) is 39.6 Å². The Kier molecular flexibility index (Phi) is 6.19. The minimum absolute atomic E-state index is 0.198. The summed E-state index contributed by atoms with van der Waals surface area (Å²) >= 11 is 0. The number of urea groups is 1. The number of nitrogens with zero attached hydrogens (tertiary/aromatic N) is 4. The summed E-state index contributed by atoms with van der Waals surface area (Å²) in [6, 6.07) is 13.1. The lowest BCUT2D eigenvalue weighted by Gasteiger charge is -2.10. The minimum atomic E-state index is -4.11. The van der Waals surface area contributed by atoms with Crippen molar-refractivity contribution in [1.82, 2.24) is 25.1 Å². The molecule has 11 nitrogen and oxygen atoms in total. The van der Waals surface area contributed by atoms with Gasteiger partial charge in [-0.3, -0.25) is 20.1 Å². The van der Waals surface area contributed by atoms with Gasteiger partial charge in [0.25, 0.3) is 10.0 Å². The predicted molar refractivity (Wildman–Crippen MR) is 136 cm³/mol. The number of pyridine rings is 1. The number of rotatable bonds is 6. The number of aromatic nitrogens is 5. The van der Waals surface area contributed by atoms with Crippen LogP contribution in [0.4, 0.5) is 26.4 Å². The smallest absolute Gasteiger partial charge is 0.306 e. The van der Waals surface area contributed by atoms with Gasteiger partial charge in [-0.25, -0.2) is 27.6 Å². The number of carbonyl (C=O) groups is 1. The van der Waals surface area contributed by atoms with Crippen LogP contribution < -0.4 is 15.4 Å². The number of halogens is 1. The van der Waals surface area contributed by atoms with Crippen molar-refractivity contribution in [3.63, 3.8) is 0 Å². The number of carbonyl (C=O) groups excluding carboxylic acids is 1. The molecule has 4 N–H and O–H groups in total. The van der Waals surface area contributed by atoms with E-state index in [1.54, 1.807) is 37.4 Å². The fourth-order valence-electron chi connectivity index (χ4n) is 3.47. The Morgan fingerprint density at radius 3 is 2.57 bits per heavy atom. The summed E-state index contributed by atoms with van der Waals surface area (Å²) < 4.78 is 41.7. The van der Waals surface area contributed by atoms with Crippen LogP contribution in [0.15, 0.2) is 78.1 Å². The van der Waals surface area contributed by atoms with Crippen LogP contribution in [0.1, 0.15) is 5.56 Å². The Morgan fingerprint density at radius 2 is 1.81 bits per heavy atom. The highest BCUT2D eigenvalue weighted by Crippen LogP contribution is 2.25. The third-order valence-corrected chi connectivity index (χ3v) is 6.63. The van der Waals surface area contributed by atoms with Crippen molar-refractivity contribution in [1.29, 1.82) is 0 Å². The first-order valence-corrected chi connectivity index (χ1v) is 12.4. The van der Waals surface area contributed by atoms with E-state index in [0.717, 1.165) is 6.07 Å². The summed E-state index contributed by atoms with van der Waals surface area (Å²) in [6.07, 6.45) is 4.60. The Labute approximate surface area is 210 Å². The van der Waals surface area contributed by atoms with E-state index in [1.807, 2.05) is 0 Å². The van der Waals surface area contributed by atoms with Crippen LogP contribution in [0, 0.1) is 12.7 Å². The number of H-pyrrole nitrogens is 1. The topological polar surface area (TPSA) is 155 Å². The molecule has 0 radical (unpaired) electrons. The number of fused-ring (bicyclic) bond motifs is 1. The van der Waals surface area contributed by atoms with Gasteiger partial charge in [-0.2, -0.15) is 5.10 Å². The first kappa shape index (κ1) is 23.8. The van der Waals surface area contributed by atoms with E-state index in [1.165, 1.54) is 36.7 Å². The second-order valence-corrected chi connectivity index (χ2v) is 9.61. The maximum Gasteiger partial charge on any atom is 0.325 e. The molecule has 2 amide bonds. The highest BCUT2D eigenvalue weighted by atomic mass is 32.2. The molecule has 0 aliphatic carbocycles. The summed E-state index contributed by atoms with van der Waals surface area (Å²) in [6.45, 7) is 1.68. The molecule has 0 aliphatic rings. The van der Waals surface area contributed by atoms with Gasteiger partial charge in [0.1, 0.15) is 10.7 Å². The monoisotopic (exact) mass is 518 g/mol. The van der Waals surface area contributed by atoms with Gasteiger partial charge in [0.2, 0.25) is 0 Å². The summed E-state index contributed by atoms with van der Waals surface area (Å²) in [5.74, 6) is -0.634. The molecule has 3 aromatic heterocycles. The van der Waals surface area contributed by atoms with E-state index in [0.29, 0.717) is 33.7 Å². The van der Waals surface area contributed by atoms with E-state index in [2.05, 4.69) is 40.5 Å². The second-order valence-electron chi connectivity index (χ2n) is 7.96. The summed E-state index contributed by atoms with van der Waals surface area (Å²) in [5, 5.41) is 12.0. The highest BCUT2D eigenvalue weighted by Gasteiger charge is 2.19. The molecule has 5 rings (SSSR count). The lowest BCUT2D eigenvalue weighted by Crippen LogP contribution is -2.19. The van der Waals surface area contributed by atoms with Gasteiger partial charge >= 0.3 is 6.03 Å². The minimum Gasteiger partial charge on any atom is -0.306 e. The van der Waals surface area contributed by atoms with Crippen LogP contribution in [-0.2, 0) is 10.0 Å². The third kappa shape index (κ3) is 5.21. The quantitative estimate of drug-likeness (QED) is 0.261. The Morgan fingerprint density at radius 1 is 1.00 bits per heavy atom. The van der Waals surface area contributed by atoms with Crippen LogP contribution in [0.2, 0.25) is 0 Å². The zero-order valence-corrected chi connectivity index (χ0v) is 20.0. The maximum absolute atomic E-state index is 14.1. The van der Waals surface area contributed by atoms with Crippen LogP contribution in [0.3, 0.4) is 0 Å². The molecule has 5 aromatic rings. The maximum atomic E-state index is 14.1. The lowest BCUT2D eigenvalue weighted by molar-refractivity contribution is 0.262. The van der Waals surface area contributed by atoms with E-state index in [4.69, 9.17) is 0 Å². The first-order valence-electron chi connectivity index (χ1n) is 10.9. The highest BCUT2D eigenvalue weighted by molar-refractivity contribution is 7.92. The number of aryl methyl sites for hydroxylation is 1. The number of nitrogens with one attached hydrogen (secondary N) is 4. The summed E-state index contributed by atoms with van der Waals surface area (Å²) in [4.78, 5) is 24.6. The lowest BCUT2D eigenvalue weighted by atomic mass is 10.1. The van der Waals surface area contributed by atoms with Crippen molar-refractivity contribution in [2.75, 3.05) is 15.4 Å². The first-order chi connectivity index (χ1) is 17.8. The molecule has 3 heterocycles. The Balaban J connectivity index is 1.31. The fourth-order valence-corrected chi connectivity index (χ4v) is 4.69. The number of benzene rings is 2. The zero-order chi connectivity index (χ0) is 26.0. The molecule has 0 aliphatic heterocycles. The number of aromatic amines is 1. The van der Waals surface area contributed by atoms with E-state index in [9.17, 15) is 17.6 Å². The van der Waals surface area contributed by atoms with Crippen molar-refractivity contribution in [3.8, 4) is 11.3 Å². The van der Waals surface area contributed by atoms with Gasteiger partial charge in [0.15, 0.2) is 17.0 Å². The third-order valence-electron chi connectivity index (χ3n) is 5.23.